The van der Waals surface area contributed by atoms with Gasteiger partial charge in [-0.15, -0.1) is 0 Å². The van der Waals surface area contributed by atoms with Crippen molar-refractivity contribution in [3.63, 3.8) is 0 Å². The number of amides is 1. The average molecular weight is 279 g/mol. The lowest BCUT2D eigenvalue weighted by molar-refractivity contribution is -0.0848. The number of carbonyl (C=O) groups excluding carboxylic acids is 1. The maximum absolute atomic E-state index is 12.4. The molecule has 8 heteroatoms. The number of rotatable bonds is 1. The minimum absolute atomic E-state index is 0.0823. The lowest BCUT2D eigenvalue weighted by Gasteiger charge is -2.40. The van der Waals surface area contributed by atoms with Gasteiger partial charge in [0.25, 0.3) is 5.91 Å². The third-order valence-corrected chi connectivity index (χ3v) is 3.62. The monoisotopic (exact) mass is 279 g/mol. The molecule has 1 aromatic heterocycles. The molecule has 0 spiro atoms. The zero-order chi connectivity index (χ0) is 14.7. The highest BCUT2D eigenvalue weighted by molar-refractivity contribution is 5.95. The summed E-state index contributed by atoms with van der Waals surface area (Å²) in [6.07, 6.45) is 1.14. The molecule has 106 valence electrons. The number of hydrogen-bond acceptors (Lipinski definition) is 5. The van der Waals surface area contributed by atoms with Crippen molar-refractivity contribution in [2.45, 2.75) is 25.4 Å². The highest BCUT2D eigenvalue weighted by Gasteiger charge is 2.50. The van der Waals surface area contributed by atoms with E-state index in [9.17, 15) is 14.4 Å². The van der Waals surface area contributed by atoms with Crippen LogP contribution in [0.2, 0.25) is 0 Å². The van der Waals surface area contributed by atoms with E-state index in [2.05, 4.69) is 0 Å². The topological polar surface area (TPSA) is 115 Å². The van der Waals surface area contributed by atoms with Gasteiger partial charge < -0.3 is 14.4 Å². The first-order valence-electron chi connectivity index (χ1n) is 6.08. The summed E-state index contributed by atoms with van der Waals surface area (Å²) < 4.78 is 6.81. The summed E-state index contributed by atoms with van der Waals surface area (Å²) in [5.74, 6) is -3.07. The zero-order valence-corrected chi connectivity index (χ0v) is 10.7. The van der Waals surface area contributed by atoms with E-state index in [1.807, 2.05) is 0 Å². The van der Waals surface area contributed by atoms with Crippen molar-refractivity contribution < 1.29 is 19.4 Å². The minimum atomic E-state index is -1.34. The Morgan fingerprint density at radius 2 is 2.25 bits per heavy atom. The second kappa shape index (κ2) is 3.90. The van der Waals surface area contributed by atoms with E-state index < -0.39 is 28.7 Å². The van der Waals surface area contributed by atoms with E-state index in [-0.39, 0.29) is 18.3 Å². The number of ether oxygens (including phenoxy) is 1. The molecule has 1 amide bonds. The van der Waals surface area contributed by atoms with E-state index >= 15 is 0 Å². The van der Waals surface area contributed by atoms with Crippen molar-refractivity contribution in [1.29, 1.82) is 0 Å². The van der Waals surface area contributed by atoms with E-state index in [1.165, 1.54) is 9.47 Å². The number of aromatic nitrogens is 1. The number of pyridine rings is 1. The molecule has 0 radical (unpaired) electrons. The van der Waals surface area contributed by atoms with Crippen molar-refractivity contribution in [2.75, 3.05) is 6.61 Å². The molecule has 20 heavy (non-hydrogen) atoms. The number of carboxylic acids is 1. The normalized spacial score (nSPS) is 28.2. The summed E-state index contributed by atoms with van der Waals surface area (Å²) in [7, 11) is 0. The van der Waals surface area contributed by atoms with E-state index in [1.54, 1.807) is 6.92 Å². The largest absolute Gasteiger partial charge is 0.477 e. The molecule has 3 N–H and O–H groups in total. The van der Waals surface area contributed by atoms with Crippen molar-refractivity contribution in [2.24, 2.45) is 5.73 Å². The van der Waals surface area contributed by atoms with Crippen molar-refractivity contribution in [1.82, 2.24) is 9.47 Å². The number of hydrogen-bond donors (Lipinski definition) is 2. The Morgan fingerprint density at radius 3 is 2.90 bits per heavy atom. The van der Waals surface area contributed by atoms with Gasteiger partial charge in [0, 0.05) is 12.3 Å². The van der Waals surface area contributed by atoms with E-state index in [0.717, 1.165) is 12.3 Å². The molecule has 0 bridgehead atoms. The highest BCUT2D eigenvalue weighted by atomic mass is 16.5. The predicted octanol–water partition coefficient (Wildman–Crippen LogP) is -0.966. The van der Waals surface area contributed by atoms with Crippen LogP contribution in [0.3, 0.4) is 0 Å². The van der Waals surface area contributed by atoms with Crippen LogP contribution in [0, 0.1) is 0 Å². The molecule has 1 saturated heterocycles. The van der Waals surface area contributed by atoms with Gasteiger partial charge in [0.1, 0.15) is 11.3 Å². The summed E-state index contributed by atoms with van der Waals surface area (Å²) >= 11 is 0. The fourth-order valence-corrected chi connectivity index (χ4v) is 2.69. The smallest absolute Gasteiger partial charge is 0.341 e. The van der Waals surface area contributed by atoms with Crippen LogP contribution in [0.1, 0.15) is 27.8 Å². The van der Waals surface area contributed by atoms with Crippen molar-refractivity contribution in [3.05, 3.63) is 33.7 Å². The number of aromatic carboxylic acids is 1. The summed E-state index contributed by atoms with van der Waals surface area (Å²) in [4.78, 5) is 36.5. The Balaban J connectivity index is 2.18. The number of carbonyl (C=O) groups is 2. The summed E-state index contributed by atoms with van der Waals surface area (Å²) in [6, 6.07) is 0.839. The Hall–Kier alpha value is -2.19. The van der Waals surface area contributed by atoms with Gasteiger partial charge in [-0.2, -0.15) is 0 Å². The average Bonchev–Trinajstić information content (AvgIpc) is 2.66. The van der Waals surface area contributed by atoms with Crippen molar-refractivity contribution in [3.8, 4) is 0 Å². The molecule has 2 atom stereocenters. The lowest BCUT2D eigenvalue weighted by Crippen LogP contribution is -2.63. The SMILES string of the molecule is C[C@H]1CO[C@]2(N)Cn3cc(C(=O)O)c(=O)cc3C(=O)N12. The van der Waals surface area contributed by atoms with Crippen LogP contribution in [-0.4, -0.2) is 44.9 Å². The van der Waals surface area contributed by atoms with Gasteiger partial charge in [-0.1, -0.05) is 0 Å². The molecule has 2 aliphatic heterocycles. The summed E-state index contributed by atoms with van der Waals surface area (Å²) in [5, 5.41) is 8.96. The van der Waals surface area contributed by atoms with Crippen LogP contribution in [0.5, 0.6) is 0 Å². The molecule has 0 aromatic carbocycles. The number of carboxylic acid groups (broad SMARTS) is 1. The van der Waals surface area contributed by atoms with E-state index in [4.69, 9.17) is 15.6 Å². The minimum Gasteiger partial charge on any atom is -0.477 e. The molecule has 3 rings (SSSR count). The second-order valence-corrected chi connectivity index (χ2v) is 5.05. The fraction of sp³-hybridized carbons (Fsp3) is 0.417. The van der Waals surface area contributed by atoms with Gasteiger partial charge >= 0.3 is 5.97 Å². The van der Waals surface area contributed by atoms with Gasteiger partial charge in [0.15, 0.2) is 5.43 Å². The molecule has 0 unspecified atom stereocenters. The van der Waals surface area contributed by atoms with Gasteiger partial charge in [-0.3, -0.25) is 20.2 Å². The van der Waals surface area contributed by atoms with Gasteiger partial charge in [0.05, 0.1) is 19.2 Å². The number of nitrogens with two attached hydrogens (primary N) is 1. The van der Waals surface area contributed by atoms with Crippen LogP contribution in [-0.2, 0) is 11.3 Å². The first kappa shape index (κ1) is 12.8. The Morgan fingerprint density at radius 1 is 1.55 bits per heavy atom. The van der Waals surface area contributed by atoms with Gasteiger partial charge in [0.2, 0.25) is 5.85 Å². The molecular weight excluding hydrogens is 266 g/mol. The molecule has 8 nitrogen and oxygen atoms in total. The maximum atomic E-state index is 12.4. The van der Waals surface area contributed by atoms with E-state index in [0.29, 0.717) is 6.61 Å². The third kappa shape index (κ3) is 1.58. The van der Waals surface area contributed by atoms with Crippen molar-refractivity contribution >= 4 is 11.9 Å². The fourth-order valence-electron chi connectivity index (χ4n) is 2.69. The summed E-state index contributed by atoms with van der Waals surface area (Å²) in [5.41, 5.74) is 5.09. The molecular formula is C12H13N3O5. The molecule has 0 saturated carbocycles. The zero-order valence-electron chi connectivity index (χ0n) is 10.7. The van der Waals surface area contributed by atoms with Crippen LogP contribution in [0.15, 0.2) is 17.1 Å². The Kier molecular flexibility index (Phi) is 2.50. The van der Waals surface area contributed by atoms with Gasteiger partial charge in [-0.05, 0) is 6.92 Å². The Bertz CT molecular complexity index is 682. The Labute approximate surface area is 113 Å². The first-order valence-corrected chi connectivity index (χ1v) is 6.08. The lowest BCUT2D eigenvalue weighted by atomic mass is 10.1. The highest BCUT2D eigenvalue weighted by Crippen LogP contribution is 2.31. The van der Waals surface area contributed by atoms with Crippen LogP contribution in [0.4, 0.5) is 0 Å². The maximum Gasteiger partial charge on any atom is 0.341 e. The second-order valence-electron chi connectivity index (χ2n) is 5.05. The standard InChI is InChI=1S/C12H13N3O5/c1-6-4-20-12(13)5-14-3-7(11(18)19)9(16)2-8(14)10(17)15(6)12/h2-3,6H,4-5,13H2,1H3,(H,18,19)/t6-,12-/m0/s1. The molecule has 1 aromatic rings. The van der Waals surface area contributed by atoms with Crippen LogP contribution >= 0.6 is 0 Å². The summed E-state index contributed by atoms with van der Waals surface area (Å²) in [6.45, 7) is 2.18. The number of nitrogens with zero attached hydrogens (tertiary/aromatic N) is 2. The molecule has 1 fully saturated rings. The molecule has 2 aliphatic rings. The quantitative estimate of drug-likeness (QED) is 0.683. The van der Waals surface area contributed by atoms with Crippen LogP contribution in [0.25, 0.3) is 0 Å². The predicted molar refractivity (Wildman–Crippen MR) is 66.2 cm³/mol. The molecule has 3 heterocycles. The van der Waals surface area contributed by atoms with Gasteiger partial charge in [-0.25, -0.2) is 4.79 Å². The third-order valence-electron chi connectivity index (χ3n) is 3.62. The first-order chi connectivity index (χ1) is 9.33. The number of fused-ring (bicyclic) bond motifs is 2. The van der Waals surface area contributed by atoms with Crippen LogP contribution < -0.4 is 11.2 Å². The molecule has 0 aliphatic carbocycles.